The lowest BCUT2D eigenvalue weighted by atomic mass is 9.85. The van der Waals surface area contributed by atoms with Crippen LogP contribution in [0.5, 0.6) is 11.5 Å². The number of hydrogen-bond acceptors (Lipinski definition) is 8. The van der Waals surface area contributed by atoms with E-state index in [2.05, 4.69) is 0 Å². The first-order chi connectivity index (χ1) is 19.4. The summed E-state index contributed by atoms with van der Waals surface area (Å²) < 4.78 is 23.6. The normalized spacial score (nSPS) is 17.2. The molecule has 0 fully saturated rings. The summed E-state index contributed by atoms with van der Waals surface area (Å²) in [5.41, 5.74) is 2.05. The van der Waals surface area contributed by atoms with Gasteiger partial charge in [0, 0.05) is 28.2 Å². The molecule has 0 bridgehead atoms. The number of cyclic esters (lactones) is 1. The van der Waals surface area contributed by atoms with E-state index in [0.29, 0.717) is 40.6 Å². The molecule has 0 radical (unpaired) electrons. The third-order valence-electron chi connectivity index (χ3n) is 7.49. The number of fused-ring (bicyclic) bond motifs is 5. The number of benzene rings is 2. The number of nitrogens with zero attached hydrogens (tertiary/aromatic N) is 2. The highest BCUT2D eigenvalue weighted by Crippen LogP contribution is 2.41. The van der Waals surface area contributed by atoms with Crippen molar-refractivity contribution in [2.45, 2.75) is 32.1 Å². The van der Waals surface area contributed by atoms with Crippen molar-refractivity contribution in [2.75, 3.05) is 14.2 Å². The zero-order chi connectivity index (χ0) is 28.0. The van der Waals surface area contributed by atoms with E-state index in [9.17, 15) is 14.4 Å². The first-order valence-electron chi connectivity index (χ1n) is 12.9. The van der Waals surface area contributed by atoms with Crippen LogP contribution in [0, 0.1) is 0 Å². The standard InChI is InChI=1S/C31H26N2O7/c1-4-31(40-26(34)13-12-18-9-7-11-25(37-2)28(18)38-3)22-15-24-27-20(14-19-8-5-6-10-23(19)32-27)16-33(24)29(35)21(22)17-39-30(31)36/h5-15H,4,16-17H2,1-3H3/b13-12+/t31-/m0/s1. The van der Waals surface area contributed by atoms with Gasteiger partial charge in [0.1, 0.15) is 6.61 Å². The Morgan fingerprint density at radius 2 is 1.93 bits per heavy atom. The summed E-state index contributed by atoms with van der Waals surface area (Å²) in [5.74, 6) is -0.549. The van der Waals surface area contributed by atoms with Gasteiger partial charge in [0.15, 0.2) is 11.5 Å². The Labute approximate surface area is 229 Å². The fourth-order valence-electron chi connectivity index (χ4n) is 5.49. The van der Waals surface area contributed by atoms with E-state index in [1.54, 1.807) is 35.8 Å². The number of carbonyl (C=O) groups excluding carboxylic acids is 2. The van der Waals surface area contributed by atoms with Gasteiger partial charge in [-0.3, -0.25) is 4.79 Å². The van der Waals surface area contributed by atoms with Gasteiger partial charge in [-0.05, 0) is 36.8 Å². The van der Waals surface area contributed by atoms with Crippen molar-refractivity contribution >= 4 is 28.9 Å². The lowest BCUT2D eigenvalue weighted by Crippen LogP contribution is -2.47. The SMILES string of the molecule is CC[C@@]1(OC(=O)/C=C/c2cccc(OC)c2OC)C(=O)OCc2c1cc1n(c2=O)Cc2cc3ccccc3nc2-1. The van der Waals surface area contributed by atoms with E-state index in [1.807, 2.05) is 30.3 Å². The summed E-state index contributed by atoms with van der Waals surface area (Å²) in [6, 6.07) is 16.8. The van der Waals surface area contributed by atoms with E-state index in [1.165, 1.54) is 26.4 Å². The Kier molecular flexibility index (Phi) is 6.14. The van der Waals surface area contributed by atoms with Gasteiger partial charge in [-0.1, -0.05) is 37.3 Å². The van der Waals surface area contributed by atoms with Crippen LogP contribution in [-0.2, 0) is 37.8 Å². The zero-order valence-corrected chi connectivity index (χ0v) is 22.2. The predicted octanol–water partition coefficient (Wildman–Crippen LogP) is 4.36. The largest absolute Gasteiger partial charge is 0.493 e. The van der Waals surface area contributed by atoms with Crippen LogP contribution < -0.4 is 15.0 Å². The van der Waals surface area contributed by atoms with E-state index in [-0.39, 0.29) is 24.2 Å². The van der Waals surface area contributed by atoms with Gasteiger partial charge in [0.2, 0.25) is 5.60 Å². The lowest BCUT2D eigenvalue weighted by molar-refractivity contribution is -0.186. The van der Waals surface area contributed by atoms with Crippen molar-refractivity contribution in [2.24, 2.45) is 0 Å². The molecular formula is C31H26N2O7. The smallest absolute Gasteiger partial charge is 0.355 e. The Balaban J connectivity index is 1.41. The molecule has 2 aliphatic rings. The fraction of sp³-hybridized carbons (Fsp3) is 0.226. The van der Waals surface area contributed by atoms with Gasteiger partial charge in [-0.2, -0.15) is 0 Å². The second kappa shape index (κ2) is 9.68. The first kappa shape index (κ1) is 25.4. The first-order valence-corrected chi connectivity index (χ1v) is 12.9. The van der Waals surface area contributed by atoms with Crippen molar-refractivity contribution in [3.8, 4) is 22.9 Å². The summed E-state index contributed by atoms with van der Waals surface area (Å²) in [6.45, 7) is 1.87. The van der Waals surface area contributed by atoms with Gasteiger partial charge in [-0.25, -0.2) is 14.6 Å². The maximum absolute atomic E-state index is 13.7. The highest BCUT2D eigenvalue weighted by Gasteiger charge is 2.50. The fourth-order valence-corrected chi connectivity index (χ4v) is 5.49. The van der Waals surface area contributed by atoms with E-state index in [0.717, 1.165) is 16.5 Å². The highest BCUT2D eigenvalue weighted by atomic mass is 16.6. The van der Waals surface area contributed by atoms with Gasteiger partial charge >= 0.3 is 11.9 Å². The average Bonchev–Trinajstić information content (AvgIpc) is 3.33. The second-order valence-electron chi connectivity index (χ2n) is 9.60. The van der Waals surface area contributed by atoms with Crippen LogP contribution in [0.2, 0.25) is 0 Å². The van der Waals surface area contributed by atoms with Gasteiger partial charge in [0.25, 0.3) is 5.56 Å². The van der Waals surface area contributed by atoms with Gasteiger partial charge in [0.05, 0.1) is 43.2 Å². The van der Waals surface area contributed by atoms with Crippen LogP contribution >= 0.6 is 0 Å². The molecule has 2 aromatic carbocycles. The molecule has 0 N–H and O–H groups in total. The van der Waals surface area contributed by atoms with Crippen LogP contribution in [0.3, 0.4) is 0 Å². The molecule has 0 spiro atoms. The molecule has 9 nitrogen and oxygen atoms in total. The van der Waals surface area contributed by atoms with E-state index < -0.39 is 17.5 Å². The van der Waals surface area contributed by atoms with Crippen molar-refractivity contribution in [3.05, 3.63) is 93.3 Å². The summed E-state index contributed by atoms with van der Waals surface area (Å²) in [7, 11) is 3.02. The number of aromatic nitrogens is 2. The van der Waals surface area contributed by atoms with E-state index >= 15 is 0 Å². The topological polar surface area (TPSA) is 106 Å². The maximum Gasteiger partial charge on any atom is 0.355 e. The Morgan fingerprint density at radius 1 is 1.10 bits per heavy atom. The number of methoxy groups -OCH3 is 2. The number of para-hydroxylation sites is 2. The van der Waals surface area contributed by atoms with Crippen LogP contribution in [0.1, 0.15) is 35.6 Å². The van der Waals surface area contributed by atoms with Crippen molar-refractivity contribution in [1.82, 2.24) is 9.55 Å². The van der Waals surface area contributed by atoms with Gasteiger partial charge in [-0.15, -0.1) is 0 Å². The molecule has 9 heteroatoms. The highest BCUT2D eigenvalue weighted by molar-refractivity contribution is 5.93. The third-order valence-corrected chi connectivity index (χ3v) is 7.49. The molecule has 202 valence electrons. The predicted molar refractivity (Wildman–Crippen MR) is 147 cm³/mol. The van der Waals surface area contributed by atoms with Crippen molar-refractivity contribution in [3.63, 3.8) is 0 Å². The molecule has 6 rings (SSSR count). The molecule has 0 unspecified atom stereocenters. The molecule has 40 heavy (non-hydrogen) atoms. The summed E-state index contributed by atoms with van der Waals surface area (Å²) in [6.07, 6.45) is 2.80. The number of hydrogen-bond donors (Lipinski definition) is 0. The minimum Gasteiger partial charge on any atom is -0.493 e. The number of rotatable bonds is 6. The van der Waals surface area contributed by atoms with Crippen LogP contribution in [0.25, 0.3) is 28.4 Å². The van der Waals surface area contributed by atoms with Crippen LogP contribution in [0.15, 0.2) is 65.5 Å². The monoisotopic (exact) mass is 538 g/mol. The van der Waals surface area contributed by atoms with Crippen LogP contribution in [0.4, 0.5) is 0 Å². The minimum absolute atomic E-state index is 0.0712. The Hall–Kier alpha value is -4.92. The number of pyridine rings is 2. The minimum atomic E-state index is -1.79. The molecule has 0 amide bonds. The number of esters is 2. The molecule has 4 heterocycles. The van der Waals surface area contributed by atoms with Crippen molar-refractivity contribution < 1.29 is 28.5 Å². The second-order valence-corrected chi connectivity index (χ2v) is 9.60. The summed E-state index contributed by atoms with van der Waals surface area (Å²) in [4.78, 5) is 44.9. The van der Waals surface area contributed by atoms with E-state index in [4.69, 9.17) is 23.9 Å². The van der Waals surface area contributed by atoms with Crippen molar-refractivity contribution in [1.29, 1.82) is 0 Å². The Morgan fingerprint density at radius 3 is 2.70 bits per heavy atom. The molecule has 4 aromatic rings. The molecular weight excluding hydrogens is 512 g/mol. The number of ether oxygens (including phenoxy) is 4. The Bertz CT molecular complexity index is 1790. The molecule has 0 aliphatic carbocycles. The average molecular weight is 539 g/mol. The summed E-state index contributed by atoms with van der Waals surface area (Å²) >= 11 is 0. The zero-order valence-electron chi connectivity index (χ0n) is 22.2. The maximum atomic E-state index is 13.7. The van der Waals surface area contributed by atoms with Gasteiger partial charge < -0.3 is 23.5 Å². The summed E-state index contributed by atoms with van der Waals surface area (Å²) in [5, 5.41) is 0.974. The lowest BCUT2D eigenvalue weighted by Gasteiger charge is -2.35. The molecule has 0 saturated carbocycles. The molecule has 0 saturated heterocycles. The molecule has 2 aliphatic heterocycles. The molecule has 2 aromatic heterocycles. The quantitative estimate of drug-likeness (QED) is 0.232. The molecule has 1 atom stereocenters. The third kappa shape index (κ3) is 3.85. The van der Waals surface area contributed by atoms with Crippen LogP contribution in [-0.4, -0.2) is 35.7 Å². The number of carbonyl (C=O) groups is 2.